The molecule has 1 aromatic rings. The normalized spacial score (nSPS) is 16.0. The largest absolute Gasteiger partial charge is 0.480 e. The Morgan fingerprint density at radius 2 is 1.89 bits per heavy atom. The molecule has 0 aromatic heterocycles. The van der Waals surface area contributed by atoms with Gasteiger partial charge in [0.25, 0.3) is 0 Å². The Morgan fingerprint density at radius 1 is 1.22 bits per heavy atom. The molecule has 0 fully saturated rings. The Bertz CT molecular complexity index is 439. The van der Waals surface area contributed by atoms with Gasteiger partial charge in [0.15, 0.2) is 0 Å². The van der Waals surface area contributed by atoms with Crippen LogP contribution in [0.4, 0.5) is 0 Å². The van der Waals surface area contributed by atoms with E-state index in [9.17, 15) is 9.90 Å². The molecule has 18 heavy (non-hydrogen) atoms. The van der Waals surface area contributed by atoms with Gasteiger partial charge in [-0.3, -0.25) is 4.79 Å². The molecule has 1 aromatic carbocycles. The number of aliphatic carboxylic acids is 1. The molecule has 3 heteroatoms. The monoisotopic (exact) mass is 243 g/mol. The zero-order valence-corrected chi connectivity index (χ0v) is 10.1. The van der Waals surface area contributed by atoms with E-state index in [1.165, 1.54) is 0 Å². The van der Waals surface area contributed by atoms with Crippen molar-refractivity contribution in [2.75, 3.05) is 6.54 Å². The van der Waals surface area contributed by atoms with Crippen molar-refractivity contribution >= 4 is 5.97 Å². The van der Waals surface area contributed by atoms with Crippen LogP contribution in [0.3, 0.4) is 0 Å². The second-order valence-corrected chi connectivity index (χ2v) is 4.42. The highest BCUT2D eigenvalue weighted by Gasteiger charge is 2.18. The van der Waals surface area contributed by atoms with Gasteiger partial charge in [-0.2, -0.15) is 0 Å². The zero-order chi connectivity index (χ0) is 12.8. The number of hydrogen-bond acceptors (Lipinski definition) is 2. The summed E-state index contributed by atoms with van der Waals surface area (Å²) < 4.78 is 0. The van der Waals surface area contributed by atoms with Crippen molar-refractivity contribution in [3.8, 4) is 0 Å². The average molecular weight is 243 g/mol. The van der Waals surface area contributed by atoms with Crippen LogP contribution in [0.15, 0.2) is 54.6 Å². The Labute approximate surface area is 107 Å². The lowest BCUT2D eigenvalue weighted by atomic mass is 10.1. The standard InChI is InChI=1S/C15H17NO2/c17-15(18)14(10-12-6-2-1-3-7-12)16-11-13-8-4-5-9-13/h1-9,13-14,16H,10-11H2,(H,17,18)/t14-/m0/s1. The van der Waals surface area contributed by atoms with E-state index in [4.69, 9.17) is 0 Å². The van der Waals surface area contributed by atoms with Crippen LogP contribution in [0.25, 0.3) is 0 Å². The fourth-order valence-corrected chi connectivity index (χ4v) is 1.99. The summed E-state index contributed by atoms with van der Waals surface area (Å²) >= 11 is 0. The first-order chi connectivity index (χ1) is 8.75. The number of nitrogens with one attached hydrogen (secondary N) is 1. The fourth-order valence-electron chi connectivity index (χ4n) is 1.99. The molecule has 0 amide bonds. The number of hydrogen-bond donors (Lipinski definition) is 2. The Kier molecular flexibility index (Phi) is 4.31. The molecule has 1 atom stereocenters. The van der Waals surface area contributed by atoms with Crippen molar-refractivity contribution in [3.05, 3.63) is 60.2 Å². The zero-order valence-electron chi connectivity index (χ0n) is 10.1. The molecular formula is C15H17NO2. The third-order valence-corrected chi connectivity index (χ3v) is 3.01. The summed E-state index contributed by atoms with van der Waals surface area (Å²) in [6.45, 7) is 0.663. The Morgan fingerprint density at radius 3 is 2.50 bits per heavy atom. The van der Waals surface area contributed by atoms with E-state index in [1.807, 2.05) is 42.5 Å². The van der Waals surface area contributed by atoms with Crippen molar-refractivity contribution in [2.24, 2.45) is 5.92 Å². The molecule has 0 aliphatic heterocycles. The first-order valence-corrected chi connectivity index (χ1v) is 6.11. The summed E-state index contributed by atoms with van der Waals surface area (Å²) in [5.41, 5.74) is 1.04. The summed E-state index contributed by atoms with van der Waals surface area (Å²) in [6.07, 6.45) is 8.61. The maximum absolute atomic E-state index is 11.2. The first kappa shape index (κ1) is 12.6. The number of rotatable bonds is 6. The first-order valence-electron chi connectivity index (χ1n) is 6.11. The summed E-state index contributed by atoms with van der Waals surface area (Å²) in [7, 11) is 0. The van der Waals surface area contributed by atoms with E-state index in [2.05, 4.69) is 17.5 Å². The van der Waals surface area contributed by atoms with Crippen molar-refractivity contribution in [1.82, 2.24) is 5.32 Å². The Balaban J connectivity index is 1.90. The highest BCUT2D eigenvalue weighted by Crippen LogP contribution is 2.09. The van der Waals surface area contributed by atoms with Gasteiger partial charge in [0.1, 0.15) is 6.04 Å². The van der Waals surface area contributed by atoms with Gasteiger partial charge in [0.2, 0.25) is 0 Å². The molecule has 0 unspecified atom stereocenters. The van der Waals surface area contributed by atoms with Gasteiger partial charge in [-0.1, -0.05) is 54.6 Å². The van der Waals surface area contributed by atoms with Gasteiger partial charge in [0.05, 0.1) is 0 Å². The number of carboxylic acid groups (broad SMARTS) is 1. The third-order valence-electron chi connectivity index (χ3n) is 3.01. The average Bonchev–Trinajstić information content (AvgIpc) is 2.88. The minimum atomic E-state index is -0.801. The van der Waals surface area contributed by atoms with Crippen molar-refractivity contribution < 1.29 is 9.90 Å². The van der Waals surface area contributed by atoms with Crippen LogP contribution in [0.5, 0.6) is 0 Å². The van der Waals surface area contributed by atoms with E-state index in [0.717, 1.165) is 5.56 Å². The molecule has 2 rings (SSSR count). The minimum Gasteiger partial charge on any atom is -0.480 e. The van der Waals surface area contributed by atoms with Gasteiger partial charge < -0.3 is 10.4 Å². The second kappa shape index (κ2) is 6.17. The smallest absolute Gasteiger partial charge is 0.321 e. The molecular weight excluding hydrogens is 226 g/mol. The van der Waals surface area contributed by atoms with Crippen molar-refractivity contribution in [2.45, 2.75) is 12.5 Å². The predicted octanol–water partition coefficient (Wildman–Crippen LogP) is 2.01. The van der Waals surface area contributed by atoms with Crippen LogP contribution in [0.2, 0.25) is 0 Å². The van der Waals surface area contributed by atoms with Crippen molar-refractivity contribution in [3.63, 3.8) is 0 Å². The van der Waals surface area contributed by atoms with E-state index < -0.39 is 12.0 Å². The van der Waals surface area contributed by atoms with Crippen LogP contribution >= 0.6 is 0 Å². The quantitative estimate of drug-likeness (QED) is 0.803. The molecule has 2 N–H and O–H groups in total. The van der Waals surface area contributed by atoms with Gasteiger partial charge >= 0.3 is 5.97 Å². The molecule has 1 aliphatic carbocycles. The summed E-state index contributed by atoms with van der Waals surface area (Å²) in [5, 5.41) is 12.3. The predicted molar refractivity (Wildman–Crippen MR) is 71.3 cm³/mol. The van der Waals surface area contributed by atoms with Crippen LogP contribution in [0.1, 0.15) is 5.56 Å². The summed E-state index contributed by atoms with van der Waals surface area (Å²) in [6, 6.07) is 9.16. The fraction of sp³-hybridized carbons (Fsp3) is 0.267. The highest BCUT2D eigenvalue weighted by molar-refractivity contribution is 5.73. The number of carbonyl (C=O) groups is 1. The Hall–Kier alpha value is -1.87. The van der Waals surface area contributed by atoms with E-state index in [1.54, 1.807) is 0 Å². The molecule has 0 radical (unpaired) electrons. The van der Waals surface area contributed by atoms with Gasteiger partial charge in [-0.25, -0.2) is 0 Å². The molecule has 1 aliphatic rings. The van der Waals surface area contributed by atoms with E-state index >= 15 is 0 Å². The van der Waals surface area contributed by atoms with Crippen molar-refractivity contribution in [1.29, 1.82) is 0 Å². The summed E-state index contributed by atoms with van der Waals surface area (Å²) in [4.78, 5) is 11.2. The molecule has 0 spiro atoms. The molecule has 0 saturated carbocycles. The minimum absolute atomic E-state index is 0.308. The maximum Gasteiger partial charge on any atom is 0.321 e. The van der Waals surface area contributed by atoms with Crippen LogP contribution in [-0.4, -0.2) is 23.7 Å². The lowest BCUT2D eigenvalue weighted by molar-refractivity contribution is -0.139. The second-order valence-electron chi connectivity index (χ2n) is 4.42. The lowest BCUT2D eigenvalue weighted by Crippen LogP contribution is -2.40. The van der Waals surface area contributed by atoms with Gasteiger partial charge in [-0.05, 0) is 12.0 Å². The van der Waals surface area contributed by atoms with E-state index in [0.29, 0.717) is 18.9 Å². The van der Waals surface area contributed by atoms with Crippen LogP contribution < -0.4 is 5.32 Å². The SMILES string of the molecule is O=C(O)[C@H](Cc1ccccc1)NCC1C=CC=C1. The maximum atomic E-state index is 11.2. The lowest BCUT2D eigenvalue weighted by Gasteiger charge is -2.16. The third kappa shape index (κ3) is 3.57. The van der Waals surface area contributed by atoms with Crippen LogP contribution in [-0.2, 0) is 11.2 Å². The topological polar surface area (TPSA) is 49.3 Å². The molecule has 0 bridgehead atoms. The molecule has 94 valence electrons. The molecule has 0 saturated heterocycles. The number of carboxylic acids is 1. The number of benzene rings is 1. The van der Waals surface area contributed by atoms with Gasteiger partial charge in [-0.15, -0.1) is 0 Å². The van der Waals surface area contributed by atoms with Crippen LogP contribution in [0, 0.1) is 5.92 Å². The summed E-state index contributed by atoms with van der Waals surface area (Å²) in [5.74, 6) is -0.493. The van der Waals surface area contributed by atoms with E-state index in [-0.39, 0.29) is 0 Å². The highest BCUT2D eigenvalue weighted by atomic mass is 16.4. The molecule has 0 heterocycles. The van der Waals surface area contributed by atoms with Gasteiger partial charge in [0, 0.05) is 12.5 Å². The number of allylic oxidation sites excluding steroid dienone is 2. The molecule has 3 nitrogen and oxygen atoms in total.